The number of carbonyl (C=O) groups excluding carboxylic acids is 1. The first-order valence-corrected chi connectivity index (χ1v) is 11.1. The Kier molecular flexibility index (Phi) is 5.53. The summed E-state index contributed by atoms with van der Waals surface area (Å²) in [6.45, 7) is 2.99. The molecule has 0 spiro atoms. The maximum Gasteiger partial charge on any atom is 0.256 e. The lowest BCUT2D eigenvalue weighted by Crippen LogP contribution is -2.38. The second-order valence-electron chi connectivity index (χ2n) is 8.07. The molecule has 0 bridgehead atoms. The highest BCUT2D eigenvalue weighted by Crippen LogP contribution is 2.33. The third kappa shape index (κ3) is 4.05. The van der Waals surface area contributed by atoms with Crippen LogP contribution in [0.25, 0.3) is 22.3 Å². The Labute approximate surface area is 192 Å². The molecule has 2 aromatic heterocycles. The van der Waals surface area contributed by atoms with Crippen molar-refractivity contribution < 1.29 is 18.9 Å². The number of rotatable bonds is 7. The van der Waals surface area contributed by atoms with Crippen LogP contribution in [-0.4, -0.2) is 15.5 Å². The Hall–Kier alpha value is -4.12. The number of para-hydroxylation sites is 1. The number of ketones is 1. The standard InChI is InChI=1S/C28H24N2O3/c1-2-27-29(16-17-30(27)19-25(32)20-12-14-22(31)15-13-20)18-24-23-10-6-7-11-26(23)33-28(24)21-8-4-3-5-9-21/h3-17H,2,18-19H2,1H3/p+1. The molecule has 5 rings (SSSR count). The van der Waals surface area contributed by atoms with Gasteiger partial charge >= 0.3 is 0 Å². The van der Waals surface area contributed by atoms with E-state index in [4.69, 9.17) is 4.42 Å². The lowest BCUT2D eigenvalue weighted by molar-refractivity contribution is -0.695. The number of aromatic nitrogens is 2. The van der Waals surface area contributed by atoms with Gasteiger partial charge in [0.15, 0.2) is 6.54 Å². The maximum atomic E-state index is 12.8. The van der Waals surface area contributed by atoms with E-state index in [1.165, 1.54) is 0 Å². The van der Waals surface area contributed by atoms with Crippen LogP contribution in [0, 0.1) is 0 Å². The first-order chi connectivity index (χ1) is 16.1. The molecule has 0 aliphatic heterocycles. The minimum atomic E-state index is 0.00573. The van der Waals surface area contributed by atoms with E-state index in [1.54, 1.807) is 24.3 Å². The molecule has 5 nitrogen and oxygen atoms in total. The summed E-state index contributed by atoms with van der Waals surface area (Å²) in [6.07, 6.45) is 4.77. The zero-order chi connectivity index (χ0) is 22.8. The van der Waals surface area contributed by atoms with Crippen molar-refractivity contribution in [2.24, 2.45) is 0 Å². The number of Topliss-reactive ketones (excluding diaryl/α,β-unsaturated/α-hetero) is 1. The second-order valence-corrected chi connectivity index (χ2v) is 8.07. The number of carbonyl (C=O) groups is 1. The van der Waals surface area contributed by atoms with Gasteiger partial charge in [0.05, 0.1) is 0 Å². The van der Waals surface area contributed by atoms with Gasteiger partial charge in [0.1, 0.15) is 36.0 Å². The fourth-order valence-electron chi connectivity index (χ4n) is 4.33. The van der Waals surface area contributed by atoms with Crippen molar-refractivity contribution >= 4 is 16.8 Å². The zero-order valence-corrected chi connectivity index (χ0v) is 18.4. The van der Waals surface area contributed by atoms with Gasteiger partial charge in [0.2, 0.25) is 5.78 Å². The van der Waals surface area contributed by atoms with E-state index in [1.807, 2.05) is 53.4 Å². The Morgan fingerprint density at radius 2 is 1.70 bits per heavy atom. The number of nitrogens with zero attached hydrogens (tertiary/aromatic N) is 2. The second kappa shape index (κ2) is 8.79. The number of phenolic OH excluding ortho intramolecular Hbond substituents is 1. The number of imidazole rings is 1. The van der Waals surface area contributed by atoms with Crippen molar-refractivity contribution in [3.63, 3.8) is 0 Å². The summed E-state index contributed by atoms with van der Waals surface area (Å²) >= 11 is 0. The molecule has 0 radical (unpaired) electrons. The molecule has 33 heavy (non-hydrogen) atoms. The summed E-state index contributed by atoms with van der Waals surface area (Å²) in [7, 11) is 0. The molecule has 3 aromatic carbocycles. The van der Waals surface area contributed by atoms with E-state index in [2.05, 4.69) is 29.7 Å². The summed E-state index contributed by atoms with van der Waals surface area (Å²) in [5, 5.41) is 10.6. The van der Waals surface area contributed by atoms with Crippen LogP contribution in [0.5, 0.6) is 5.75 Å². The van der Waals surface area contributed by atoms with Crippen molar-refractivity contribution in [1.29, 1.82) is 0 Å². The van der Waals surface area contributed by atoms with Crippen LogP contribution in [0.3, 0.4) is 0 Å². The van der Waals surface area contributed by atoms with Gasteiger partial charge in [-0.25, -0.2) is 9.13 Å². The quantitative estimate of drug-likeness (QED) is 0.274. The number of phenols is 1. The monoisotopic (exact) mass is 437 g/mol. The first-order valence-electron chi connectivity index (χ1n) is 11.1. The topological polar surface area (TPSA) is 59.3 Å². The van der Waals surface area contributed by atoms with Crippen LogP contribution in [0.1, 0.15) is 28.7 Å². The van der Waals surface area contributed by atoms with Crippen LogP contribution >= 0.6 is 0 Å². The van der Waals surface area contributed by atoms with Gasteiger partial charge in [0, 0.05) is 28.5 Å². The van der Waals surface area contributed by atoms with Gasteiger partial charge in [-0.3, -0.25) is 4.79 Å². The van der Waals surface area contributed by atoms with Gasteiger partial charge < -0.3 is 9.52 Å². The third-order valence-corrected chi connectivity index (χ3v) is 5.97. The molecular formula is C28H25N2O3+. The molecule has 0 unspecified atom stereocenters. The molecule has 1 N–H and O–H groups in total. The minimum absolute atomic E-state index is 0.00573. The first kappa shape index (κ1) is 20.8. The van der Waals surface area contributed by atoms with Crippen molar-refractivity contribution in [3.8, 4) is 17.1 Å². The smallest absolute Gasteiger partial charge is 0.256 e. The van der Waals surface area contributed by atoms with Crippen molar-refractivity contribution in [1.82, 2.24) is 4.57 Å². The molecule has 0 saturated heterocycles. The molecule has 0 atom stereocenters. The molecule has 5 aromatic rings. The van der Waals surface area contributed by atoms with Gasteiger partial charge in [-0.2, -0.15) is 0 Å². The van der Waals surface area contributed by atoms with Gasteiger partial charge in [-0.1, -0.05) is 55.5 Å². The summed E-state index contributed by atoms with van der Waals surface area (Å²) in [5.74, 6) is 2.10. The predicted molar refractivity (Wildman–Crippen MR) is 127 cm³/mol. The summed E-state index contributed by atoms with van der Waals surface area (Å²) < 4.78 is 10.5. The summed E-state index contributed by atoms with van der Waals surface area (Å²) in [5.41, 5.74) is 3.62. The van der Waals surface area contributed by atoms with E-state index in [0.717, 1.165) is 40.1 Å². The molecule has 0 saturated carbocycles. The molecule has 0 aliphatic carbocycles. The Balaban J connectivity index is 1.50. The number of furan rings is 1. The molecule has 0 fully saturated rings. The summed E-state index contributed by atoms with van der Waals surface area (Å²) in [4.78, 5) is 12.8. The van der Waals surface area contributed by atoms with E-state index in [9.17, 15) is 9.90 Å². The Bertz CT molecular complexity index is 1410. The molecular weight excluding hydrogens is 412 g/mol. The minimum Gasteiger partial charge on any atom is -0.508 e. The number of fused-ring (bicyclic) bond motifs is 1. The highest BCUT2D eigenvalue weighted by Gasteiger charge is 2.23. The average Bonchev–Trinajstić information content (AvgIpc) is 3.41. The van der Waals surface area contributed by atoms with Crippen molar-refractivity contribution in [2.75, 3.05) is 0 Å². The van der Waals surface area contributed by atoms with E-state index in [-0.39, 0.29) is 18.1 Å². The fourth-order valence-corrected chi connectivity index (χ4v) is 4.33. The van der Waals surface area contributed by atoms with Crippen LogP contribution in [0.2, 0.25) is 0 Å². The van der Waals surface area contributed by atoms with Crippen LogP contribution in [-0.2, 0) is 19.5 Å². The largest absolute Gasteiger partial charge is 0.508 e. The highest BCUT2D eigenvalue weighted by molar-refractivity contribution is 5.96. The lowest BCUT2D eigenvalue weighted by Gasteiger charge is -2.05. The molecule has 164 valence electrons. The van der Waals surface area contributed by atoms with Gasteiger partial charge in [-0.15, -0.1) is 0 Å². The molecule has 5 heteroatoms. The van der Waals surface area contributed by atoms with Crippen molar-refractivity contribution in [2.45, 2.75) is 26.4 Å². The number of benzene rings is 3. The van der Waals surface area contributed by atoms with E-state index < -0.39 is 0 Å². The third-order valence-electron chi connectivity index (χ3n) is 5.97. The van der Waals surface area contributed by atoms with E-state index >= 15 is 0 Å². The van der Waals surface area contributed by atoms with Crippen molar-refractivity contribution in [3.05, 3.63) is 108 Å². The zero-order valence-electron chi connectivity index (χ0n) is 18.4. The summed E-state index contributed by atoms with van der Waals surface area (Å²) in [6, 6.07) is 24.7. The fraction of sp³-hybridized carbons (Fsp3) is 0.143. The van der Waals surface area contributed by atoms with Gasteiger partial charge in [-0.05, 0) is 30.3 Å². The molecule has 2 heterocycles. The number of aromatic hydroxyl groups is 1. The molecule has 0 amide bonds. The van der Waals surface area contributed by atoms with Crippen LogP contribution < -0.4 is 4.57 Å². The SMILES string of the molecule is CCc1n(CC(=O)c2ccc(O)cc2)cc[n+]1Cc1c(-c2ccccc2)oc2ccccc12. The average molecular weight is 438 g/mol. The van der Waals surface area contributed by atoms with Crippen LogP contribution in [0.15, 0.2) is 95.7 Å². The Morgan fingerprint density at radius 3 is 2.45 bits per heavy atom. The lowest BCUT2D eigenvalue weighted by atomic mass is 10.1. The Morgan fingerprint density at radius 1 is 0.970 bits per heavy atom. The number of hydrogen-bond acceptors (Lipinski definition) is 3. The maximum absolute atomic E-state index is 12.8. The van der Waals surface area contributed by atoms with Gasteiger partial charge in [0.25, 0.3) is 5.82 Å². The highest BCUT2D eigenvalue weighted by atomic mass is 16.3. The predicted octanol–water partition coefficient (Wildman–Crippen LogP) is 5.39. The number of hydrogen-bond donors (Lipinski definition) is 1. The normalized spacial score (nSPS) is 11.2. The molecule has 0 aliphatic rings. The van der Waals surface area contributed by atoms with E-state index in [0.29, 0.717) is 12.1 Å². The van der Waals surface area contributed by atoms with Crippen LogP contribution in [0.4, 0.5) is 0 Å².